The third-order valence-corrected chi connectivity index (χ3v) is 6.13. The SMILES string of the molecule is CC(CNC1CCCCC1)Sc1ccc(S(C)(=O)=O)cc1. The summed E-state index contributed by atoms with van der Waals surface area (Å²) in [6.45, 7) is 3.22. The molecule has 1 aromatic rings. The molecule has 1 unspecified atom stereocenters. The Hall–Kier alpha value is -0.520. The Morgan fingerprint density at radius 3 is 2.38 bits per heavy atom. The van der Waals surface area contributed by atoms with E-state index < -0.39 is 9.84 Å². The Balaban J connectivity index is 1.80. The molecule has 21 heavy (non-hydrogen) atoms. The molecule has 3 nitrogen and oxygen atoms in total. The predicted octanol–water partition coefficient (Wildman–Crippen LogP) is 3.49. The van der Waals surface area contributed by atoms with E-state index in [-0.39, 0.29) is 0 Å². The molecule has 0 aliphatic heterocycles. The Labute approximate surface area is 132 Å². The highest BCUT2D eigenvalue weighted by molar-refractivity contribution is 8.00. The summed E-state index contributed by atoms with van der Waals surface area (Å²) in [5.74, 6) is 0. The van der Waals surface area contributed by atoms with Crippen LogP contribution < -0.4 is 5.32 Å². The van der Waals surface area contributed by atoms with Crippen molar-refractivity contribution in [3.05, 3.63) is 24.3 Å². The summed E-state index contributed by atoms with van der Waals surface area (Å²) in [6.07, 6.45) is 7.94. The van der Waals surface area contributed by atoms with E-state index in [0.29, 0.717) is 16.2 Å². The lowest BCUT2D eigenvalue weighted by Gasteiger charge is -2.24. The fourth-order valence-corrected chi connectivity index (χ4v) is 4.25. The average molecular weight is 328 g/mol. The summed E-state index contributed by atoms with van der Waals surface area (Å²) in [6, 6.07) is 7.88. The zero-order valence-corrected chi connectivity index (χ0v) is 14.5. The van der Waals surface area contributed by atoms with E-state index in [9.17, 15) is 8.42 Å². The van der Waals surface area contributed by atoms with Crippen molar-refractivity contribution >= 4 is 21.6 Å². The molecule has 0 radical (unpaired) electrons. The maximum absolute atomic E-state index is 11.4. The molecule has 1 aromatic carbocycles. The molecule has 0 spiro atoms. The van der Waals surface area contributed by atoms with Gasteiger partial charge in [0.05, 0.1) is 4.90 Å². The largest absolute Gasteiger partial charge is 0.313 e. The van der Waals surface area contributed by atoms with Gasteiger partial charge in [-0.2, -0.15) is 0 Å². The minimum atomic E-state index is -3.09. The molecule has 5 heteroatoms. The molecule has 1 N–H and O–H groups in total. The lowest BCUT2D eigenvalue weighted by atomic mass is 9.95. The van der Waals surface area contributed by atoms with Crippen LogP contribution in [0.25, 0.3) is 0 Å². The second kappa shape index (κ2) is 7.65. The van der Waals surface area contributed by atoms with Gasteiger partial charge in [-0.1, -0.05) is 26.2 Å². The number of hydrogen-bond donors (Lipinski definition) is 1. The predicted molar refractivity (Wildman–Crippen MR) is 89.7 cm³/mol. The lowest BCUT2D eigenvalue weighted by Crippen LogP contribution is -2.35. The van der Waals surface area contributed by atoms with Crippen molar-refractivity contribution in [3.8, 4) is 0 Å². The lowest BCUT2D eigenvalue weighted by molar-refractivity contribution is 0.375. The number of benzene rings is 1. The quantitative estimate of drug-likeness (QED) is 0.813. The monoisotopic (exact) mass is 327 g/mol. The first-order valence-electron chi connectivity index (χ1n) is 7.65. The van der Waals surface area contributed by atoms with Crippen molar-refractivity contribution in [2.24, 2.45) is 0 Å². The maximum atomic E-state index is 11.4. The van der Waals surface area contributed by atoms with Crippen molar-refractivity contribution < 1.29 is 8.42 Å². The van der Waals surface area contributed by atoms with Crippen LogP contribution in [0.1, 0.15) is 39.0 Å². The number of thioether (sulfide) groups is 1. The first-order valence-corrected chi connectivity index (χ1v) is 10.4. The van der Waals surface area contributed by atoms with Gasteiger partial charge in [0.1, 0.15) is 0 Å². The summed E-state index contributed by atoms with van der Waals surface area (Å²) in [5, 5.41) is 4.14. The molecule has 1 aliphatic carbocycles. The number of hydrogen-bond acceptors (Lipinski definition) is 4. The van der Waals surface area contributed by atoms with Crippen LogP contribution >= 0.6 is 11.8 Å². The molecule has 0 aromatic heterocycles. The number of sulfone groups is 1. The molecule has 0 amide bonds. The zero-order valence-electron chi connectivity index (χ0n) is 12.8. The summed E-state index contributed by atoms with van der Waals surface area (Å²) in [5.41, 5.74) is 0. The average Bonchev–Trinajstić information content (AvgIpc) is 2.46. The second-order valence-corrected chi connectivity index (χ2v) is 9.44. The standard InChI is InChI=1S/C16H25NO2S2/c1-13(12-17-14-6-4-3-5-7-14)20-15-8-10-16(11-9-15)21(2,18)19/h8-11,13-14,17H,3-7,12H2,1-2H3. The smallest absolute Gasteiger partial charge is 0.175 e. The highest BCUT2D eigenvalue weighted by Gasteiger charge is 2.14. The normalized spacial score (nSPS) is 18.6. The summed E-state index contributed by atoms with van der Waals surface area (Å²) in [7, 11) is -3.09. The maximum Gasteiger partial charge on any atom is 0.175 e. The van der Waals surface area contributed by atoms with E-state index in [4.69, 9.17) is 0 Å². The zero-order chi connectivity index (χ0) is 15.3. The molecule has 1 fully saturated rings. The van der Waals surface area contributed by atoms with Gasteiger partial charge in [0.25, 0.3) is 0 Å². The molecule has 0 bridgehead atoms. The van der Waals surface area contributed by atoms with E-state index >= 15 is 0 Å². The topological polar surface area (TPSA) is 46.2 Å². The Morgan fingerprint density at radius 2 is 1.81 bits per heavy atom. The first kappa shape index (κ1) is 16.8. The van der Waals surface area contributed by atoms with E-state index in [1.807, 2.05) is 12.1 Å². The van der Waals surface area contributed by atoms with E-state index in [1.165, 1.54) is 38.4 Å². The summed E-state index contributed by atoms with van der Waals surface area (Å²) >= 11 is 1.79. The van der Waals surface area contributed by atoms with Gasteiger partial charge in [-0.15, -0.1) is 11.8 Å². The molecular weight excluding hydrogens is 302 g/mol. The molecule has 1 saturated carbocycles. The van der Waals surface area contributed by atoms with Crippen molar-refractivity contribution in [3.63, 3.8) is 0 Å². The van der Waals surface area contributed by atoms with Gasteiger partial charge in [-0.05, 0) is 37.1 Å². The van der Waals surface area contributed by atoms with Gasteiger partial charge < -0.3 is 5.32 Å². The van der Waals surface area contributed by atoms with Crippen LogP contribution in [0.2, 0.25) is 0 Å². The fourth-order valence-electron chi connectivity index (χ4n) is 2.68. The highest BCUT2D eigenvalue weighted by atomic mass is 32.2. The number of rotatable bonds is 6. The van der Waals surface area contributed by atoms with Crippen LogP contribution in [-0.4, -0.2) is 32.5 Å². The van der Waals surface area contributed by atoms with Crippen LogP contribution in [0, 0.1) is 0 Å². The third kappa shape index (κ3) is 5.64. The van der Waals surface area contributed by atoms with Crippen molar-refractivity contribution in [2.75, 3.05) is 12.8 Å². The highest BCUT2D eigenvalue weighted by Crippen LogP contribution is 2.25. The Morgan fingerprint density at radius 1 is 1.19 bits per heavy atom. The molecule has 1 aliphatic rings. The molecular formula is C16H25NO2S2. The van der Waals surface area contributed by atoms with E-state index in [2.05, 4.69) is 12.2 Å². The van der Waals surface area contributed by atoms with Crippen LogP contribution in [0.15, 0.2) is 34.1 Å². The van der Waals surface area contributed by atoms with E-state index in [1.54, 1.807) is 23.9 Å². The van der Waals surface area contributed by atoms with Gasteiger partial charge in [0, 0.05) is 29.0 Å². The summed E-state index contributed by atoms with van der Waals surface area (Å²) in [4.78, 5) is 1.51. The Kier molecular flexibility index (Phi) is 6.14. The third-order valence-electron chi connectivity index (χ3n) is 3.89. The molecule has 0 heterocycles. The minimum Gasteiger partial charge on any atom is -0.313 e. The fraction of sp³-hybridized carbons (Fsp3) is 0.625. The van der Waals surface area contributed by atoms with Crippen LogP contribution in [0.4, 0.5) is 0 Å². The van der Waals surface area contributed by atoms with Gasteiger partial charge in [0.15, 0.2) is 9.84 Å². The van der Waals surface area contributed by atoms with Crippen LogP contribution in [0.5, 0.6) is 0 Å². The van der Waals surface area contributed by atoms with Crippen molar-refractivity contribution in [2.45, 2.75) is 60.1 Å². The van der Waals surface area contributed by atoms with Gasteiger partial charge >= 0.3 is 0 Å². The van der Waals surface area contributed by atoms with Gasteiger partial charge in [0.2, 0.25) is 0 Å². The van der Waals surface area contributed by atoms with Gasteiger partial charge in [-0.3, -0.25) is 0 Å². The van der Waals surface area contributed by atoms with Gasteiger partial charge in [-0.25, -0.2) is 8.42 Å². The molecule has 0 saturated heterocycles. The summed E-state index contributed by atoms with van der Waals surface area (Å²) < 4.78 is 22.9. The van der Waals surface area contributed by atoms with Crippen molar-refractivity contribution in [1.82, 2.24) is 5.32 Å². The molecule has 1 atom stereocenters. The van der Waals surface area contributed by atoms with Crippen LogP contribution in [-0.2, 0) is 9.84 Å². The van der Waals surface area contributed by atoms with Crippen molar-refractivity contribution in [1.29, 1.82) is 0 Å². The second-order valence-electron chi connectivity index (χ2n) is 5.92. The molecule has 118 valence electrons. The Bertz CT molecular complexity index is 534. The first-order chi connectivity index (χ1) is 9.95. The van der Waals surface area contributed by atoms with Crippen LogP contribution in [0.3, 0.4) is 0 Å². The van der Waals surface area contributed by atoms with E-state index in [0.717, 1.165) is 11.4 Å². The minimum absolute atomic E-state index is 0.389. The number of nitrogens with one attached hydrogen (secondary N) is 1. The molecule has 2 rings (SSSR count).